The molecule has 2 aromatic rings. The molecule has 0 atom stereocenters. The molecule has 0 spiro atoms. The predicted molar refractivity (Wildman–Crippen MR) is 136 cm³/mol. The summed E-state index contributed by atoms with van der Waals surface area (Å²) in [7, 11) is 0. The third kappa shape index (κ3) is 6.82. The van der Waals surface area contributed by atoms with Crippen LogP contribution in [0.3, 0.4) is 0 Å². The lowest BCUT2D eigenvalue weighted by Gasteiger charge is -2.34. The number of carbonyl (C=O) groups excluding carboxylic acids is 1. The van der Waals surface area contributed by atoms with Gasteiger partial charge in [-0.3, -0.25) is 4.90 Å². The minimum absolute atomic E-state index is 0.0667. The Morgan fingerprint density at radius 1 is 1.00 bits per heavy atom. The molecule has 0 aromatic heterocycles. The Morgan fingerprint density at radius 2 is 1.71 bits per heavy atom. The molecule has 2 aliphatic rings. The number of likely N-dealkylation sites (tertiary alicyclic amines) is 1. The number of hydrogen-bond donors (Lipinski definition) is 1. The number of amides is 2. The lowest BCUT2D eigenvalue weighted by atomic mass is 9.85. The van der Waals surface area contributed by atoms with Crippen LogP contribution in [0.4, 0.5) is 9.18 Å². The van der Waals surface area contributed by atoms with Crippen molar-refractivity contribution < 1.29 is 9.18 Å². The normalized spacial score (nSPS) is 18.1. The van der Waals surface area contributed by atoms with E-state index < -0.39 is 0 Å². The molecular weight excluding hydrogens is 425 g/mol. The van der Waals surface area contributed by atoms with Gasteiger partial charge in [-0.15, -0.1) is 0 Å². The number of piperidine rings is 1. The second-order valence-electron chi connectivity index (χ2n) is 10.1. The molecular formula is C29H40FN3O. The topological polar surface area (TPSA) is 35.6 Å². The molecule has 34 heavy (non-hydrogen) atoms. The first-order valence-corrected chi connectivity index (χ1v) is 13.2. The van der Waals surface area contributed by atoms with E-state index in [0.29, 0.717) is 24.9 Å². The number of nitrogens with zero attached hydrogens (tertiary/aromatic N) is 2. The highest BCUT2D eigenvalue weighted by atomic mass is 19.1. The lowest BCUT2D eigenvalue weighted by molar-refractivity contribution is 0.174. The number of urea groups is 1. The van der Waals surface area contributed by atoms with Crippen LogP contribution < -0.4 is 5.32 Å². The van der Waals surface area contributed by atoms with Crippen molar-refractivity contribution in [2.24, 2.45) is 5.92 Å². The van der Waals surface area contributed by atoms with E-state index in [1.807, 2.05) is 19.1 Å². The maximum atomic E-state index is 13.2. The molecule has 4 rings (SSSR count). The maximum absolute atomic E-state index is 13.2. The maximum Gasteiger partial charge on any atom is 0.317 e. The van der Waals surface area contributed by atoms with E-state index in [9.17, 15) is 9.18 Å². The highest BCUT2D eigenvalue weighted by molar-refractivity contribution is 5.74. The van der Waals surface area contributed by atoms with Crippen LogP contribution in [0.2, 0.25) is 0 Å². The zero-order valence-electron chi connectivity index (χ0n) is 20.6. The van der Waals surface area contributed by atoms with Crippen molar-refractivity contribution in [3.8, 4) is 0 Å². The van der Waals surface area contributed by atoms with Gasteiger partial charge in [-0.25, -0.2) is 9.18 Å². The van der Waals surface area contributed by atoms with Crippen LogP contribution in [0, 0.1) is 11.7 Å². The van der Waals surface area contributed by atoms with Crippen molar-refractivity contribution in [3.63, 3.8) is 0 Å². The highest BCUT2D eigenvalue weighted by Crippen LogP contribution is 2.32. The van der Waals surface area contributed by atoms with Crippen LogP contribution in [0.1, 0.15) is 74.5 Å². The van der Waals surface area contributed by atoms with Gasteiger partial charge in [0.25, 0.3) is 0 Å². The number of carbonyl (C=O) groups is 1. The Labute approximate surface area is 204 Å². The van der Waals surface area contributed by atoms with E-state index >= 15 is 0 Å². The minimum Gasteiger partial charge on any atom is -0.338 e. The quantitative estimate of drug-likeness (QED) is 0.495. The van der Waals surface area contributed by atoms with Crippen LogP contribution in [-0.4, -0.2) is 42.0 Å². The third-order valence-electron chi connectivity index (χ3n) is 7.58. The van der Waals surface area contributed by atoms with Gasteiger partial charge < -0.3 is 10.2 Å². The lowest BCUT2D eigenvalue weighted by Crippen LogP contribution is -2.42. The first kappa shape index (κ1) is 24.7. The van der Waals surface area contributed by atoms with Crippen molar-refractivity contribution in [2.75, 3.05) is 26.2 Å². The van der Waals surface area contributed by atoms with Crippen LogP contribution in [0.25, 0.3) is 0 Å². The molecule has 5 heteroatoms. The summed E-state index contributed by atoms with van der Waals surface area (Å²) in [6.07, 6.45) is 8.63. The molecule has 1 N–H and O–H groups in total. The highest BCUT2D eigenvalue weighted by Gasteiger charge is 2.25. The van der Waals surface area contributed by atoms with Gasteiger partial charge in [0.1, 0.15) is 5.82 Å². The molecule has 0 radical (unpaired) electrons. The van der Waals surface area contributed by atoms with E-state index in [2.05, 4.69) is 39.4 Å². The van der Waals surface area contributed by atoms with Gasteiger partial charge in [0.05, 0.1) is 0 Å². The molecule has 1 saturated heterocycles. The fourth-order valence-electron chi connectivity index (χ4n) is 5.70. The van der Waals surface area contributed by atoms with Gasteiger partial charge in [-0.1, -0.05) is 55.7 Å². The van der Waals surface area contributed by atoms with Crippen molar-refractivity contribution in [3.05, 3.63) is 71.0 Å². The largest absolute Gasteiger partial charge is 0.338 e. The molecule has 0 bridgehead atoms. The van der Waals surface area contributed by atoms with Crippen molar-refractivity contribution in [1.82, 2.24) is 15.1 Å². The molecule has 1 aliphatic carbocycles. The van der Waals surface area contributed by atoms with E-state index in [1.165, 1.54) is 48.8 Å². The van der Waals surface area contributed by atoms with Gasteiger partial charge in [-0.2, -0.15) is 0 Å². The Morgan fingerprint density at radius 3 is 2.41 bits per heavy atom. The molecule has 1 aliphatic heterocycles. The van der Waals surface area contributed by atoms with Gasteiger partial charge in [-0.05, 0) is 86.4 Å². The molecule has 184 valence electrons. The summed E-state index contributed by atoms with van der Waals surface area (Å²) in [4.78, 5) is 17.5. The predicted octanol–water partition coefficient (Wildman–Crippen LogP) is 6.32. The van der Waals surface area contributed by atoms with E-state index in [4.69, 9.17) is 0 Å². The van der Waals surface area contributed by atoms with Crippen molar-refractivity contribution in [2.45, 2.75) is 70.9 Å². The summed E-state index contributed by atoms with van der Waals surface area (Å²) in [5.41, 5.74) is 3.86. The van der Waals surface area contributed by atoms with Gasteiger partial charge in [0.15, 0.2) is 0 Å². The molecule has 2 aromatic carbocycles. The smallest absolute Gasteiger partial charge is 0.317 e. The molecule has 2 amide bonds. The fraction of sp³-hybridized carbons (Fsp3) is 0.552. The summed E-state index contributed by atoms with van der Waals surface area (Å²) in [5, 5.41) is 3.04. The second-order valence-corrected chi connectivity index (χ2v) is 10.1. The van der Waals surface area contributed by atoms with E-state index in [1.54, 1.807) is 12.1 Å². The summed E-state index contributed by atoms with van der Waals surface area (Å²) in [6.45, 7) is 7.15. The Hall–Kier alpha value is -2.40. The summed E-state index contributed by atoms with van der Waals surface area (Å²) >= 11 is 0. The summed E-state index contributed by atoms with van der Waals surface area (Å²) in [6, 6.07) is 15.7. The zero-order chi connectivity index (χ0) is 23.8. The number of nitrogens with one attached hydrogen (secondary N) is 1. The van der Waals surface area contributed by atoms with Crippen LogP contribution >= 0.6 is 0 Å². The van der Waals surface area contributed by atoms with E-state index in [-0.39, 0.29) is 11.8 Å². The molecule has 4 nitrogen and oxygen atoms in total. The van der Waals surface area contributed by atoms with E-state index in [0.717, 1.165) is 39.0 Å². The molecule has 2 fully saturated rings. The SMILES string of the molecule is CCNC(=O)N(Cc1ccccc1C1CCN(Cc2ccc(F)cc2)CC1)CC1CCCCC1. The summed E-state index contributed by atoms with van der Waals surface area (Å²) < 4.78 is 13.2. The van der Waals surface area contributed by atoms with Gasteiger partial charge >= 0.3 is 6.03 Å². The Balaban J connectivity index is 1.40. The fourth-order valence-corrected chi connectivity index (χ4v) is 5.70. The van der Waals surface area contributed by atoms with Gasteiger partial charge in [0, 0.05) is 26.2 Å². The Bertz CT molecular complexity index is 902. The average molecular weight is 466 g/mol. The molecule has 1 heterocycles. The first-order valence-electron chi connectivity index (χ1n) is 13.2. The Kier molecular flexibility index (Phi) is 8.97. The van der Waals surface area contributed by atoms with Gasteiger partial charge in [0.2, 0.25) is 0 Å². The standard InChI is InChI=1S/C29H40FN3O/c1-2-31-29(34)33(21-23-8-4-3-5-9-23)22-26-10-6-7-11-28(26)25-16-18-32(19-17-25)20-24-12-14-27(30)15-13-24/h6-7,10-15,23,25H,2-5,8-9,16-22H2,1H3,(H,31,34). The molecule has 1 saturated carbocycles. The first-order chi connectivity index (χ1) is 16.6. The second kappa shape index (κ2) is 12.3. The zero-order valence-corrected chi connectivity index (χ0v) is 20.6. The average Bonchev–Trinajstić information content (AvgIpc) is 2.87. The monoisotopic (exact) mass is 465 g/mol. The third-order valence-corrected chi connectivity index (χ3v) is 7.58. The number of rotatable bonds is 8. The summed E-state index contributed by atoms with van der Waals surface area (Å²) in [5.74, 6) is 0.967. The minimum atomic E-state index is -0.177. The number of benzene rings is 2. The number of halogens is 1. The van der Waals surface area contributed by atoms with Crippen LogP contribution in [0.5, 0.6) is 0 Å². The molecule has 0 unspecified atom stereocenters. The van der Waals surface area contributed by atoms with Crippen LogP contribution in [0.15, 0.2) is 48.5 Å². The van der Waals surface area contributed by atoms with Crippen molar-refractivity contribution >= 4 is 6.03 Å². The number of hydrogen-bond acceptors (Lipinski definition) is 2. The van der Waals surface area contributed by atoms with Crippen molar-refractivity contribution in [1.29, 1.82) is 0 Å². The van der Waals surface area contributed by atoms with Crippen LogP contribution in [-0.2, 0) is 13.1 Å².